The molecule has 3 heterocycles. The van der Waals surface area contributed by atoms with E-state index in [2.05, 4.69) is 20.8 Å². The zero-order valence-corrected chi connectivity index (χ0v) is 17.8. The molecule has 150 valence electrons. The highest BCUT2D eigenvalue weighted by atomic mass is 79.9. The quantitative estimate of drug-likeness (QED) is 0.703. The van der Waals surface area contributed by atoms with Gasteiger partial charge in [-0.15, -0.1) is 0 Å². The Hall–Kier alpha value is -1.73. The number of aryl methyl sites for hydroxylation is 2. The molecule has 1 amide bonds. The fourth-order valence-electron chi connectivity index (χ4n) is 4.30. The van der Waals surface area contributed by atoms with E-state index in [0.717, 1.165) is 55.6 Å². The second-order valence-corrected chi connectivity index (χ2v) is 8.70. The number of nitrogens with zero attached hydrogens (tertiary/aromatic N) is 4. The van der Waals surface area contributed by atoms with Crippen LogP contribution in [0.25, 0.3) is 0 Å². The van der Waals surface area contributed by atoms with Crippen molar-refractivity contribution in [3.05, 3.63) is 51.0 Å². The van der Waals surface area contributed by atoms with E-state index >= 15 is 0 Å². The second kappa shape index (κ2) is 8.33. The van der Waals surface area contributed by atoms with Gasteiger partial charge in [-0.05, 0) is 25.0 Å². The summed E-state index contributed by atoms with van der Waals surface area (Å²) in [4.78, 5) is 16.6. The molecule has 0 spiro atoms. The molecule has 0 saturated carbocycles. The van der Waals surface area contributed by atoms with Gasteiger partial charge in [-0.1, -0.05) is 22.0 Å². The van der Waals surface area contributed by atoms with E-state index < -0.39 is 0 Å². The van der Waals surface area contributed by atoms with Crippen molar-refractivity contribution in [2.45, 2.75) is 45.2 Å². The van der Waals surface area contributed by atoms with E-state index in [1.165, 1.54) is 17.3 Å². The number of hydrogen-bond acceptors (Lipinski definition) is 3. The first-order chi connectivity index (χ1) is 13.5. The van der Waals surface area contributed by atoms with Crippen molar-refractivity contribution >= 4 is 21.8 Å². The third-order valence-corrected chi connectivity index (χ3v) is 6.34. The summed E-state index contributed by atoms with van der Waals surface area (Å²) >= 11 is 3.31. The summed E-state index contributed by atoms with van der Waals surface area (Å²) in [5, 5.41) is 4.70. The number of benzene rings is 1. The summed E-state index contributed by atoms with van der Waals surface area (Å²) in [6, 6.07) is 5.24. The number of carbonyl (C=O) groups is 1. The van der Waals surface area contributed by atoms with Crippen molar-refractivity contribution < 1.29 is 9.18 Å². The number of aromatic nitrogens is 2. The van der Waals surface area contributed by atoms with Gasteiger partial charge in [0.1, 0.15) is 5.82 Å². The summed E-state index contributed by atoms with van der Waals surface area (Å²) in [6.07, 6.45) is 4.33. The van der Waals surface area contributed by atoms with Gasteiger partial charge in [0.2, 0.25) is 5.91 Å². The molecule has 0 radical (unpaired) electrons. The van der Waals surface area contributed by atoms with Crippen LogP contribution in [-0.2, 0) is 37.8 Å². The van der Waals surface area contributed by atoms with Crippen LogP contribution in [-0.4, -0.2) is 45.1 Å². The molecule has 5 nitrogen and oxygen atoms in total. The van der Waals surface area contributed by atoms with Gasteiger partial charge in [0, 0.05) is 80.3 Å². The predicted octanol–water partition coefficient (Wildman–Crippen LogP) is 3.44. The van der Waals surface area contributed by atoms with Gasteiger partial charge < -0.3 is 4.90 Å². The lowest BCUT2D eigenvalue weighted by atomic mass is 10.0. The van der Waals surface area contributed by atoms with Crippen molar-refractivity contribution in [1.29, 1.82) is 0 Å². The van der Waals surface area contributed by atoms with Crippen LogP contribution >= 0.6 is 15.9 Å². The van der Waals surface area contributed by atoms with Gasteiger partial charge in [-0.2, -0.15) is 5.10 Å². The van der Waals surface area contributed by atoms with Crippen molar-refractivity contribution in [2.24, 2.45) is 7.05 Å². The summed E-state index contributed by atoms with van der Waals surface area (Å²) in [7, 11) is 1.98. The highest BCUT2D eigenvalue weighted by Crippen LogP contribution is 2.26. The lowest BCUT2D eigenvalue weighted by Crippen LogP contribution is -2.31. The maximum absolute atomic E-state index is 14.2. The molecule has 0 aliphatic carbocycles. The van der Waals surface area contributed by atoms with Crippen LogP contribution < -0.4 is 0 Å². The molecule has 0 unspecified atom stereocenters. The Labute approximate surface area is 173 Å². The molecule has 0 N–H and O–H groups in total. The molecule has 1 fully saturated rings. The second-order valence-electron chi connectivity index (χ2n) is 7.78. The number of halogens is 2. The minimum Gasteiger partial charge on any atom is -0.343 e. The fourth-order valence-corrected chi connectivity index (χ4v) is 4.64. The molecule has 1 aromatic heterocycles. The number of fused-ring (bicyclic) bond motifs is 1. The zero-order chi connectivity index (χ0) is 19.7. The van der Waals surface area contributed by atoms with E-state index in [0.29, 0.717) is 24.9 Å². The SMILES string of the molecule is Cn1nc(CCC(=O)N2CCCC2)c2c1CCN(Cc1ccc(Br)cc1F)C2. The van der Waals surface area contributed by atoms with Crippen molar-refractivity contribution in [1.82, 2.24) is 19.6 Å². The Bertz CT molecular complexity index is 876. The summed E-state index contributed by atoms with van der Waals surface area (Å²) in [5.41, 5.74) is 4.20. The lowest BCUT2D eigenvalue weighted by molar-refractivity contribution is -0.130. The van der Waals surface area contributed by atoms with Crippen molar-refractivity contribution in [3.8, 4) is 0 Å². The normalized spacial score (nSPS) is 17.2. The average molecular weight is 449 g/mol. The Kier molecular flexibility index (Phi) is 5.83. The minimum atomic E-state index is -0.178. The molecule has 2 aliphatic rings. The van der Waals surface area contributed by atoms with E-state index in [1.54, 1.807) is 0 Å². The summed E-state index contributed by atoms with van der Waals surface area (Å²) < 4.78 is 16.9. The molecular formula is C21H26BrFN4O. The van der Waals surface area contributed by atoms with Gasteiger partial charge in [-0.3, -0.25) is 14.4 Å². The molecule has 2 aliphatic heterocycles. The Balaban J connectivity index is 1.44. The smallest absolute Gasteiger partial charge is 0.222 e. The summed E-state index contributed by atoms with van der Waals surface area (Å²) in [6.45, 7) is 4.01. The highest BCUT2D eigenvalue weighted by Gasteiger charge is 2.25. The van der Waals surface area contributed by atoms with Crippen LogP contribution in [0.5, 0.6) is 0 Å². The number of likely N-dealkylation sites (tertiary alicyclic amines) is 1. The molecule has 0 atom stereocenters. The van der Waals surface area contributed by atoms with E-state index in [1.807, 2.05) is 28.8 Å². The van der Waals surface area contributed by atoms with Crippen LogP contribution in [0.4, 0.5) is 4.39 Å². The third kappa shape index (κ3) is 4.15. The van der Waals surface area contributed by atoms with E-state index in [-0.39, 0.29) is 11.7 Å². The molecule has 28 heavy (non-hydrogen) atoms. The molecule has 7 heteroatoms. The molecule has 1 saturated heterocycles. The van der Waals surface area contributed by atoms with Crippen LogP contribution in [0.1, 0.15) is 41.8 Å². The van der Waals surface area contributed by atoms with Gasteiger partial charge >= 0.3 is 0 Å². The molecule has 1 aromatic carbocycles. The number of carbonyl (C=O) groups excluding carboxylic acids is 1. The zero-order valence-electron chi connectivity index (χ0n) is 16.3. The van der Waals surface area contributed by atoms with Crippen molar-refractivity contribution in [3.63, 3.8) is 0 Å². The third-order valence-electron chi connectivity index (χ3n) is 5.85. The first-order valence-corrected chi connectivity index (χ1v) is 10.8. The highest BCUT2D eigenvalue weighted by molar-refractivity contribution is 9.10. The van der Waals surface area contributed by atoms with Crippen LogP contribution in [0, 0.1) is 5.82 Å². The first-order valence-electron chi connectivity index (χ1n) is 9.99. The van der Waals surface area contributed by atoms with Gasteiger partial charge in [0.25, 0.3) is 0 Å². The van der Waals surface area contributed by atoms with Crippen molar-refractivity contribution in [2.75, 3.05) is 19.6 Å². The maximum Gasteiger partial charge on any atom is 0.222 e. The molecule has 4 rings (SSSR count). The van der Waals surface area contributed by atoms with E-state index in [4.69, 9.17) is 5.10 Å². The minimum absolute atomic E-state index is 0.178. The topological polar surface area (TPSA) is 41.4 Å². The predicted molar refractivity (Wildman–Crippen MR) is 109 cm³/mol. The monoisotopic (exact) mass is 448 g/mol. The standard InChI is InChI=1S/C21H26BrFN4O/c1-25-20-8-11-26(13-15-4-5-16(22)12-18(15)23)14-17(20)19(24-25)6-7-21(28)27-9-2-3-10-27/h4-5,12H,2-3,6-11,13-14H2,1H3. The van der Waals surface area contributed by atoms with Gasteiger partial charge in [-0.25, -0.2) is 4.39 Å². The largest absolute Gasteiger partial charge is 0.343 e. The van der Waals surface area contributed by atoms with Gasteiger partial charge in [0.05, 0.1) is 5.69 Å². The average Bonchev–Trinajstić information content (AvgIpc) is 3.31. The van der Waals surface area contributed by atoms with E-state index in [9.17, 15) is 9.18 Å². The Morgan fingerprint density at radius 3 is 2.79 bits per heavy atom. The van der Waals surface area contributed by atoms with Crippen LogP contribution in [0.15, 0.2) is 22.7 Å². The lowest BCUT2D eigenvalue weighted by Gasteiger charge is -2.27. The number of amides is 1. The van der Waals surface area contributed by atoms with Crippen LogP contribution in [0.2, 0.25) is 0 Å². The molecule has 0 bridgehead atoms. The maximum atomic E-state index is 14.2. The number of hydrogen-bond donors (Lipinski definition) is 0. The molecular weight excluding hydrogens is 423 g/mol. The fraction of sp³-hybridized carbons (Fsp3) is 0.524. The Morgan fingerprint density at radius 2 is 2.04 bits per heavy atom. The summed E-state index contributed by atoms with van der Waals surface area (Å²) in [5.74, 6) is 0.0595. The first kappa shape index (κ1) is 19.6. The number of rotatable bonds is 5. The Morgan fingerprint density at radius 1 is 1.25 bits per heavy atom. The molecule has 2 aromatic rings. The van der Waals surface area contributed by atoms with Crippen LogP contribution in [0.3, 0.4) is 0 Å². The van der Waals surface area contributed by atoms with Gasteiger partial charge in [0.15, 0.2) is 0 Å².